The fourth-order valence-corrected chi connectivity index (χ4v) is 6.07. The summed E-state index contributed by atoms with van der Waals surface area (Å²) < 4.78 is 5.21. The van der Waals surface area contributed by atoms with E-state index in [2.05, 4.69) is 163 Å². The summed E-state index contributed by atoms with van der Waals surface area (Å²) in [6.45, 7) is 46.8. The number of ether oxygens (including phenoxy) is 1. The molecule has 0 aromatic heterocycles. The first-order valence-electron chi connectivity index (χ1n) is 18.0. The molecule has 0 spiro atoms. The van der Waals surface area contributed by atoms with Crippen molar-refractivity contribution in [2.75, 3.05) is 53.5 Å². The second-order valence-corrected chi connectivity index (χ2v) is 14.7. The predicted molar refractivity (Wildman–Crippen MR) is 197 cm³/mol. The second-order valence-electron chi connectivity index (χ2n) is 14.7. The molecule has 2 unspecified atom stereocenters. The summed E-state index contributed by atoms with van der Waals surface area (Å²) in [4.78, 5) is 12.1. The third-order valence-corrected chi connectivity index (χ3v) is 8.76. The van der Waals surface area contributed by atoms with Gasteiger partial charge in [-0.1, -0.05) is 13.8 Å². The maximum absolute atomic E-state index is 5.21. The Morgan fingerprint density at radius 1 is 0.581 bits per heavy atom. The third-order valence-electron chi connectivity index (χ3n) is 8.76. The molecule has 2 aliphatic heterocycles. The summed E-state index contributed by atoms with van der Waals surface area (Å²) in [6, 6.07) is 6.45. The summed E-state index contributed by atoms with van der Waals surface area (Å²) >= 11 is 0. The molecule has 2 rings (SSSR count). The van der Waals surface area contributed by atoms with Crippen LogP contribution in [0.1, 0.15) is 137 Å². The van der Waals surface area contributed by atoms with Crippen LogP contribution >= 0.6 is 0 Å². The molecule has 2 fully saturated rings. The van der Waals surface area contributed by atoms with Crippen LogP contribution in [-0.2, 0) is 4.74 Å². The molecular formula is C37H85N5O. The fourth-order valence-electron chi connectivity index (χ4n) is 6.07. The van der Waals surface area contributed by atoms with Crippen molar-refractivity contribution < 1.29 is 4.74 Å². The summed E-state index contributed by atoms with van der Waals surface area (Å²) in [7, 11) is 4.15. The average molecular weight is 616 g/mol. The van der Waals surface area contributed by atoms with Gasteiger partial charge in [0, 0.05) is 67.5 Å². The summed E-state index contributed by atoms with van der Waals surface area (Å²) in [5, 5.41) is 0. The van der Waals surface area contributed by atoms with E-state index in [0.717, 1.165) is 44.4 Å². The minimum Gasteiger partial charge on any atom is -0.379 e. The van der Waals surface area contributed by atoms with Gasteiger partial charge in [0.2, 0.25) is 0 Å². The lowest BCUT2D eigenvalue weighted by molar-refractivity contribution is 0.0238. The first kappa shape index (κ1) is 47.2. The molecule has 0 radical (unpaired) electrons. The van der Waals surface area contributed by atoms with Crippen LogP contribution in [0.4, 0.5) is 0 Å². The number of morpholine rings is 1. The Kier molecular flexibility index (Phi) is 29.5. The largest absolute Gasteiger partial charge is 0.379 e. The molecule has 2 saturated heterocycles. The lowest BCUT2D eigenvalue weighted by Crippen LogP contribution is -2.42. The van der Waals surface area contributed by atoms with Crippen molar-refractivity contribution in [3.8, 4) is 0 Å². The van der Waals surface area contributed by atoms with E-state index in [1.165, 1.54) is 25.9 Å². The molecule has 0 aromatic carbocycles. The smallest absolute Gasteiger partial charge is 0.0594 e. The monoisotopic (exact) mass is 616 g/mol. The molecule has 0 amide bonds. The Labute approximate surface area is 274 Å². The van der Waals surface area contributed by atoms with Gasteiger partial charge in [-0.05, 0) is 151 Å². The molecule has 6 nitrogen and oxygen atoms in total. The number of rotatable bonds is 9. The predicted octanol–water partition coefficient (Wildman–Crippen LogP) is 8.20. The molecular weight excluding hydrogens is 530 g/mol. The van der Waals surface area contributed by atoms with E-state index in [9.17, 15) is 0 Å². The van der Waals surface area contributed by atoms with Gasteiger partial charge in [0.15, 0.2) is 0 Å². The zero-order valence-electron chi connectivity index (χ0n) is 33.5. The van der Waals surface area contributed by atoms with Gasteiger partial charge < -0.3 is 14.5 Å². The van der Waals surface area contributed by atoms with Crippen molar-refractivity contribution in [2.45, 2.75) is 192 Å². The highest BCUT2D eigenvalue weighted by Gasteiger charge is 2.28. The highest BCUT2D eigenvalue weighted by molar-refractivity contribution is 4.84. The molecule has 0 bridgehead atoms. The number of hydrogen-bond acceptors (Lipinski definition) is 6. The Hall–Kier alpha value is -0.240. The van der Waals surface area contributed by atoms with Gasteiger partial charge in [-0.3, -0.25) is 14.7 Å². The third kappa shape index (κ3) is 23.7. The van der Waals surface area contributed by atoms with Crippen LogP contribution < -0.4 is 0 Å². The molecule has 43 heavy (non-hydrogen) atoms. The molecule has 0 saturated carbocycles. The maximum Gasteiger partial charge on any atom is 0.0594 e. The van der Waals surface area contributed by atoms with Crippen molar-refractivity contribution in [3.05, 3.63) is 0 Å². The quantitative estimate of drug-likeness (QED) is 0.259. The molecule has 2 heterocycles. The van der Waals surface area contributed by atoms with Crippen molar-refractivity contribution in [1.29, 1.82) is 0 Å². The van der Waals surface area contributed by atoms with Gasteiger partial charge in [-0.25, -0.2) is 0 Å². The van der Waals surface area contributed by atoms with E-state index in [1.54, 1.807) is 0 Å². The molecule has 264 valence electrons. The number of likely N-dealkylation sites (tertiary alicyclic amines) is 1. The van der Waals surface area contributed by atoms with E-state index < -0.39 is 0 Å². The summed E-state index contributed by atoms with van der Waals surface area (Å²) in [6.07, 6.45) is 2.78. The average Bonchev–Trinajstić information content (AvgIpc) is 3.23. The zero-order chi connectivity index (χ0) is 34.4. The van der Waals surface area contributed by atoms with Crippen LogP contribution in [0.5, 0.6) is 0 Å². The highest BCUT2D eigenvalue weighted by Crippen LogP contribution is 2.25. The standard InChI is InChI=1S/C9H19N.C9H21N.C7H15NO.C7H17N.C5H13N/c1-7(2)10-8(3)5-6-9(10)4;1-7(2)10(8(3)4)9(5)6;1-7(2)8-3-5-9-6-4-8;1-5-8(6-2)7(3)4;1-5(2)6(3)4/h7-9H,5-6H2,1-4H3;7-9H,1-6H3;7H,3-6H2,1-2H3;7H,5-6H2,1-4H3;5H,1-4H3. The lowest BCUT2D eigenvalue weighted by atomic mass is 10.2. The Morgan fingerprint density at radius 3 is 1.05 bits per heavy atom. The number of nitrogens with zero attached hydrogens (tertiary/aromatic N) is 5. The van der Waals surface area contributed by atoms with Gasteiger partial charge in [0.05, 0.1) is 13.2 Å². The van der Waals surface area contributed by atoms with E-state index in [4.69, 9.17) is 4.74 Å². The van der Waals surface area contributed by atoms with Crippen molar-refractivity contribution >= 4 is 0 Å². The van der Waals surface area contributed by atoms with E-state index >= 15 is 0 Å². The van der Waals surface area contributed by atoms with Crippen LogP contribution in [-0.4, -0.2) is 132 Å². The van der Waals surface area contributed by atoms with Crippen molar-refractivity contribution in [2.24, 2.45) is 0 Å². The van der Waals surface area contributed by atoms with Crippen molar-refractivity contribution in [1.82, 2.24) is 24.5 Å². The van der Waals surface area contributed by atoms with E-state index in [0.29, 0.717) is 36.3 Å². The van der Waals surface area contributed by atoms with Gasteiger partial charge >= 0.3 is 0 Å². The molecule has 6 heteroatoms. The molecule has 2 aliphatic rings. The Balaban J connectivity index is -0.000000470. The van der Waals surface area contributed by atoms with Gasteiger partial charge in [-0.15, -0.1) is 0 Å². The summed E-state index contributed by atoms with van der Waals surface area (Å²) in [5.74, 6) is 0. The fraction of sp³-hybridized carbons (Fsp3) is 1.00. The molecule has 2 atom stereocenters. The van der Waals surface area contributed by atoms with E-state index in [1.807, 2.05) is 0 Å². The van der Waals surface area contributed by atoms with Crippen molar-refractivity contribution in [3.63, 3.8) is 0 Å². The second kappa shape index (κ2) is 26.9. The molecule has 0 N–H and O–H groups in total. The van der Waals surface area contributed by atoms with Crippen LogP contribution in [0, 0.1) is 0 Å². The van der Waals surface area contributed by atoms with Crippen LogP contribution in [0.25, 0.3) is 0 Å². The van der Waals surface area contributed by atoms with Gasteiger partial charge in [0.25, 0.3) is 0 Å². The van der Waals surface area contributed by atoms with Crippen LogP contribution in [0.3, 0.4) is 0 Å². The minimum atomic E-state index is 0.667. The van der Waals surface area contributed by atoms with E-state index in [-0.39, 0.29) is 0 Å². The summed E-state index contributed by atoms with van der Waals surface area (Å²) in [5.41, 5.74) is 0. The Morgan fingerprint density at radius 2 is 0.930 bits per heavy atom. The SMILES string of the molecule is CC(C)N(C(C)C)C(C)C.CC(C)N(C)C.CC(C)N1C(C)CCC1C.CC(C)N1CCOCC1.CCN(CC)C(C)C. The first-order valence-corrected chi connectivity index (χ1v) is 18.0. The molecule has 0 aliphatic carbocycles. The van der Waals surface area contributed by atoms with Crippen LogP contribution in [0.15, 0.2) is 0 Å². The topological polar surface area (TPSA) is 25.4 Å². The maximum atomic E-state index is 5.21. The lowest BCUT2D eigenvalue weighted by Gasteiger charge is -2.34. The number of hydrogen-bond donors (Lipinski definition) is 0. The van der Waals surface area contributed by atoms with Crippen LogP contribution in [0.2, 0.25) is 0 Å². The Bertz CT molecular complexity index is 537. The van der Waals surface area contributed by atoms with Gasteiger partial charge in [0.1, 0.15) is 0 Å². The first-order chi connectivity index (χ1) is 19.8. The normalized spacial score (nSPS) is 19.7. The van der Waals surface area contributed by atoms with Gasteiger partial charge in [-0.2, -0.15) is 0 Å². The minimum absolute atomic E-state index is 0.667. The zero-order valence-corrected chi connectivity index (χ0v) is 33.5. The molecule has 0 aromatic rings. The highest BCUT2D eigenvalue weighted by atomic mass is 16.5.